The monoisotopic (exact) mass is 450 g/mol. The van der Waals surface area contributed by atoms with Gasteiger partial charge in [0.25, 0.3) is 5.91 Å². The predicted octanol–water partition coefficient (Wildman–Crippen LogP) is 4.01. The molecule has 1 fully saturated rings. The molecule has 1 amide bonds. The van der Waals surface area contributed by atoms with E-state index in [1.165, 1.54) is 23.0 Å². The molecule has 0 bridgehead atoms. The highest BCUT2D eigenvalue weighted by molar-refractivity contribution is 7.89. The van der Waals surface area contributed by atoms with Crippen molar-refractivity contribution in [3.05, 3.63) is 47.2 Å². The average molecular weight is 451 g/mol. The minimum absolute atomic E-state index is 0.154. The van der Waals surface area contributed by atoms with E-state index in [2.05, 4.69) is 15.2 Å². The normalized spacial score (nSPS) is 14.7. The Bertz CT molecular complexity index is 1000. The SMILES string of the molecule is CCN(CC)S(=O)(=O)c1ccc(N2CCCCC2)c(NC(=O)c2cc(Cl)ccn2)c1. The third-order valence-electron chi connectivity index (χ3n) is 5.21. The zero-order chi connectivity index (χ0) is 21.7. The van der Waals surface area contributed by atoms with Gasteiger partial charge >= 0.3 is 0 Å². The van der Waals surface area contributed by atoms with E-state index in [1.807, 2.05) is 0 Å². The van der Waals surface area contributed by atoms with Crippen molar-refractivity contribution in [2.45, 2.75) is 38.0 Å². The molecule has 1 aliphatic heterocycles. The Balaban J connectivity index is 2.01. The van der Waals surface area contributed by atoms with Gasteiger partial charge < -0.3 is 10.2 Å². The van der Waals surface area contributed by atoms with Gasteiger partial charge in [-0.1, -0.05) is 25.4 Å². The lowest BCUT2D eigenvalue weighted by Crippen LogP contribution is -2.32. The number of nitrogens with one attached hydrogen (secondary N) is 1. The number of amides is 1. The maximum atomic E-state index is 13.0. The van der Waals surface area contributed by atoms with E-state index < -0.39 is 15.9 Å². The number of carbonyl (C=O) groups excluding carboxylic acids is 1. The Kier molecular flexibility index (Phi) is 7.33. The molecule has 3 rings (SSSR count). The molecule has 1 N–H and O–H groups in total. The molecule has 7 nitrogen and oxygen atoms in total. The molecule has 0 radical (unpaired) electrons. The summed E-state index contributed by atoms with van der Waals surface area (Å²) in [5, 5.41) is 3.26. The van der Waals surface area contributed by atoms with Gasteiger partial charge in [0, 0.05) is 37.4 Å². The molecule has 0 unspecified atom stereocenters. The van der Waals surface area contributed by atoms with Crippen LogP contribution in [0.15, 0.2) is 41.4 Å². The molecule has 0 spiro atoms. The summed E-state index contributed by atoms with van der Waals surface area (Å²) in [4.78, 5) is 19.2. The van der Waals surface area contributed by atoms with Gasteiger partial charge in [-0.3, -0.25) is 9.78 Å². The number of halogens is 1. The van der Waals surface area contributed by atoms with Crippen molar-refractivity contribution < 1.29 is 13.2 Å². The molecule has 2 heterocycles. The van der Waals surface area contributed by atoms with Crippen molar-refractivity contribution in [2.24, 2.45) is 0 Å². The number of anilines is 2. The zero-order valence-electron chi connectivity index (χ0n) is 17.3. The van der Waals surface area contributed by atoms with Crippen molar-refractivity contribution in [1.29, 1.82) is 0 Å². The largest absolute Gasteiger partial charge is 0.370 e. The molecule has 30 heavy (non-hydrogen) atoms. The molecular formula is C21H27ClN4O3S. The predicted molar refractivity (Wildman–Crippen MR) is 120 cm³/mol. The zero-order valence-corrected chi connectivity index (χ0v) is 18.8. The molecule has 2 aromatic rings. The Morgan fingerprint density at radius 1 is 1.13 bits per heavy atom. The van der Waals surface area contributed by atoms with E-state index >= 15 is 0 Å². The van der Waals surface area contributed by atoms with Crippen LogP contribution in [0.5, 0.6) is 0 Å². The van der Waals surface area contributed by atoms with Crippen LogP contribution in [0.4, 0.5) is 11.4 Å². The Labute approximate surface area is 183 Å². The highest BCUT2D eigenvalue weighted by atomic mass is 35.5. The molecule has 162 valence electrons. The minimum Gasteiger partial charge on any atom is -0.370 e. The van der Waals surface area contributed by atoms with E-state index in [4.69, 9.17) is 11.6 Å². The molecule has 1 aromatic carbocycles. The number of carbonyl (C=O) groups is 1. The molecule has 1 aliphatic rings. The first-order valence-electron chi connectivity index (χ1n) is 10.2. The van der Waals surface area contributed by atoms with Crippen LogP contribution >= 0.6 is 11.6 Å². The van der Waals surface area contributed by atoms with E-state index in [9.17, 15) is 13.2 Å². The van der Waals surface area contributed by atoms with Gasteiger partial charge in [0.15, 0.2) is 0 Å². The van der Waals surface area contributed by atoms with Gasteiger partial charge in [-0.25, -0.2) is 8.42 Å². The standard InChI is InChI=1S/C21H27ClN4O3S/c1-3-26(4-2)30(28,29)17-8-9-20(25-12-6-5-7-13-25)18(15-17)24-21(27)19-14-16(22)10-11-23-19/h8-11,14-15H,3-7,12-13H2,1-2H3,(H,24,27). The van der Waals surface area contributed by atoms with E-state index in [0.29, 0.717) is 23.8 Å². The number of rotatable bonds is 7. The Morgan fingerprint density at radius 2 is 1.83 bits per heavy atom. The summed E-state index contributed by atoms with van der Waals surface area (Å²) in [6.45, 7) is 6.08. The summed E-state index contributed by atoms with van der Waals surface area (Å²) in [5.74, 6) is -0.437. The van der Waals surface area contributed by atoms with Crippen LogP contribution in [0.25, 0.3) is 0 Å². The first-order valence-corrected chi connectivity index (χ1v) is 12.0. The summed E-state index contributed by atoms with van der Waals surface area (Å²) < 4.78 is 27.4. The van der Waals surface area contributed by atoms with Crippen molar-refractivity contribution in [3.8, 4) is 0 Å². The van der Waals surface area contributed by atoms with Crippen LogP contribution in [0.2, 0.25) is 5.02 Å². The summed E-state index contributed by atoms with van der Waals surface area (Å²) in [5.41, 5.74) is 1.43. The third kappa shape index (κ3) is 4.94. The van der Waals surface area contributed by atoms with Crippen LogP contribution in [0.3, 0.4) is 0 Å². The lowest BCUT2D eigenvalue weighted by atomic mass is 10.1. The van der Waals surface area contributed by atoms with Gasteiger partial charge in [-0.2, -0.15) is 4.31 Å². The average Bonchev–Trinajstić information content (AvgIpc) is 2.75. The molecule has 1 saturated heterocycles. The number of benzene rings is 1. The lowest BCUT2D eigenvalue weighted by Gasteiger charge is -2.31. The summed E-state index contributed by atoms with van der Waals surface area (Å²) in [6, 6.07) is 8.01. The number of sulfonamides is 1. The summed E-state index contributed by atoms with van der Waals surface area (Å²) in [7, 11) is -3.65. The van der Waals surface area contributed by atoms with Crippen molar-refractivity contribution in [1.82, 2.24) is 9.29 Å². The Morgan fingerprint density at radius 3 is 2.47 bits per heavy atom. The maximum Gasteiger partial charge on any atom is 0.274 e. The molecule has 0 atom stereocenters. The first kappa shape index (κ1) is 22.5. The highest BCUT2D eigenvalue weighted by Crippen LogP contribution is 2.32. The van der Waals surface area contributed by atoms with Gasteiger partial charge in [0.05, 0.1) is 16.3 Å². The molecular weight excluding hydrogens is 424 g/mol. The van der Waals surface area contributed by atoms with Gasteiger partial charge in [-0.15, -0.1) is 0 Å². The number of hydrogen-bond donors (Lipinski definition) is 1. The number of nitrogens with zero attached hydrogens (tertiary/aromatic N) is 3. The second-order valence-corrected chi connectivity index (χ2v) is 9.50. The number of piperidine rings is 1. The van der Waals surface area contributed by atoms with Crippen molar-refractivity contribution in [3.63, 3.8) is 0 Å². The van der Waals surface area contributed by atoms with Crippen molar-refractivity contribution >= 4 is 38.9 Å². The third-order valence-corrected chi connectivity index (χ3v) is 7.49. The molecule has 0 aliphatic carbocycles. The van der Waals surface area contributed by atoms with E-state index in [-0.39, 0.29) is 10.6 Å². The van der Waals surface area contributed by atoms with Crippen LogP contribution in [-0.2, 0) is 10.0 Å². The fraction of sp³-hybridized carbons (Fsp3) is 0.429. The molecule has 9 heteroatoms. The Hall–Kier alpha value is -2.16. The second-order valence-electron chi connectivity index (χ2n) is 7.13. The van der Waals surface area contributed by atoms with E-state index in [0.717, 1.165) is 31.6 Å². The highest BCUT2D eigenvalue weighted by Gasteiger charge is 2.25. The fourth-order valence-corrected chi connectivity index (χ4v) is 5.26. The smallest absolute Gasteiger partial charge is 0.274 e. The lowest BCUT2D eigenvalue weighted by molar-refractivity contribution is 0.102. The number of pyridine rings is 1. The number of hydrogen-bond acceptors (Lipinski definition) is 5. The van der Waals surface area contributed by atoms with Crippen LogP contribution in [0.1, 0.15) is 43.6 Å². The van der Waals surface area contributed by atoms with E-state index in [1.54, 1.807) is 38.1 Å². The molecule has 1 aromatic heterocycles. The number of aromatic nitrogens is 1. The van der Waals surface area contributed by atoms with Gasteiger partial charge in [-0.05, 0) is 49.6 Å². The summed E-state index contributed by atoms with van der Waals surface area (Å²) in [6.07, 6.45) is 4.74. The quantitative estimate of drug-likeness (QED) is 0.689. The van der Waals surface area contributed by atoms with Crippen LogP contribution in [-0.4, -0.2) is 49.8 Å². The topological polar surface area (TPSA) is 82.6 Å². The fourth-order valence-electron chi connectivity index (χ4n) is 3.61. The minimum atomic E-state index is -3.65. The second kappa shape index (κ2) is 9.76. The van der Waals surface area contributed by atoms with Gasteiger partial charge in [0.2, 0.25) is 10.0 Å². The molecule has 0 saturated carbocycles. The maximum absolute atomic E-state index is 13.0. The van der Waals surface area contributed by atoms with Crippen LogP contribution < -0.4 is 10.2 Å². The van der Waals surface area contributed by atoms with Crippen LogP contribution in [0, 0.1) is 0 Å². The van der Waals surface area contributed by atoms with Gasteiger partial charge in [0.1, 0.15) is 5.69 Å². The first-order chi connectivity index (χ1) is 14.4. The summed E-state index contributed by atoms with van der Waals surface area (Å²) >= 11 is 5.98. The van der Waals surface area contributed by atoms with Crippen molar-refractivity contribution in [2.75, 3.05) is 36.4 Å².